The lowest BCUT2D eigenvalue weighted by Gasteiger charge is -2.22. The van der Waals surface area contributed by atoms with Gasteiger partial charge < -0.3 is 4.74 Å². The summed E-state index contributed by atoms with van der Waals surface area (Å²) < 4.78 is 6.05. The van der Waals surface area contributed by atoms with Crippen LogP contribution in [0, 0.1) is 20.2 Å². The van der Waals surface area contributed by atoms with Crippen molar-refractivity contribution >= 4 is 38.9 Å². The highest BCUT2D eigenvalue weighted by Crippen LogP contribution is 2.35. The van der Waals surface area contributed by atoms with Crippen molar-refractivity contribution in [2.45, 2.75) is 12.5 Å². The Morgan fingerprint density at radius 1 is 1.00 bits per heavy atom. The van der Waals surface area contributed by atoms with E-state index in [-0.39, 0.29) is 5.56 Å². The SMILES string of the molecule is COc1ccc(C2=NN(C(=O)c3cc([N+](=O)[O-])cc([N+](=O)[O-])c3)[C@H](c3ccc(Br)cc3)C2)cc1. The molecule has 0 spiro atoms. The highest BCUT2D eigenvalue weighted by molar-refractivity contribution is 9.10. The van der Waals surface area contributed by atoms with Crippen LogP contribution in [-0.4, -0.2) is 33.6 Å². The van der Waals surface area contributed by atoms with Crippen LogP contribution in [0.5, 0.6) is 5.75 Å². The van der Waals surface area contributed by atoms with Gasteiger partial charge in [0.1, 0.15) is 5.75 Å². The molecule has 10 nitrogen and oxygen atoms in total. The first-order valence-corrected chi connectivity index (χ1v) is 10.8. The van der Waals surface area contributed by atoms with Crippen LogP contribution in [0.3, 0.4) is 0 Å². The van der Waals surface area contributed by atoms with E-state index in [1.807, 2.05) is 36.4 Å². The number of hydrazone groups is 1. The van der Waals surface area contributed by atoms with Gasteiger partial charge in [0.25, 0.3) is 17.3 Å². The number of carbonyl (C=O) groups excluding carboxylic acids is 1. The van der Waals surface area contributed by atoms with E-state index < -0.39 is 33.2 Å². The number of nitro benzene ring substituents is 2. The van der Waals surface area contributed by atoms with Crippen LogP contribution in [0.2, 0.25) is 0 Å². The van der Waals surface area contributed by atoms with Crippen LogP contribution in [0.15, 0.2) is 76.3 Å². The minimum Gasteiger partial charge on any atom is -0.497 e. The fourth-order valence-electron chi connectivity index (χ4n) is 3.66. The first-order valence-electron chi connectivity index (χ1n) is 10.0. The summed E-state index contributed by atoms with van der Waals surface area (Å²) in [5.74, 6) is -0.00752. The van der Waals surface area contributed by atoms with Crippen molar-refractivity contribution in [3.63, 3.8) is 0 Å². The number of halogens is 1. The summed E-state index contributed by atoms with van der Waals surface area (Å²) in [5, 5.41) is 28.3. The molecule has 0 fully saturated rings. The van der Waals surface area contributed by atoms with Crippen LogP contribution < -0.4 is 4.74 Å². The summed E-state index contributed by atoms with van der Waals surface area (Å²) in [4.78, 5) is 34.5. The topological polar surface area (TPSA) is 128 Å². The maximum absolute atomic E-state index is 13.5. The van der Waals surface area contributed by atoms with E-state index >= 15 is 0 Å². The summed E-state index contributed by atoms with van der Waals surface area (Å²) in [5.41, 5.74) is 0.922. The Morgan fingerprint density at radius 2 is 1.59 bits per heavy atom. The number of amides is 1. The number of nitrogens with zero attached hydrogens (tertiary/aromatic N) is 4. The lowest BCUT2D eigenvalue weighted by Crippen LogP contribution is -2.27. The van der Waals surface area contributed by atoms with Gasteiger partial charge in [0, 0.05) is 23.0 Å². The van der Waals surface area contributed by atoms with Crippen molar-refractivity contribution in [2.24, 2.45) is 5.10 Å². The van der Waals surface area contributed by atoms with E-state index in [2.05, 4.69) is 21.0 Å². The molecule has 11 heteroatoms. The predicted molar refractivity (Wildman–Crippen MR) is 127 cm³/mol. The van der Waals surface area contributed by atoms with Crippen molar-refractivity contribution in [1.29, 1.82) is 0 Å². The summed E-state index contributed by atoms with van der Waals surface area (Å²) in [6.07, 6.45) is 0.386. The highest BCUT2D eigenvalue weighted by Gasteiger charge is 2.35. The average molecular weight is 525 g/mol. The molecule has 0 N–H and O–H groups in total. The van der Waals surface area contributed by atoms with E-state index in [0.29, 0.717) is 17.9 Å². The molecule has 0 saturated carbocycles. The largest absolute Gasteiger partial charge is 0.497 e. The molecule has 0 saturated heterocycles. The molecule has 3 aromatic rings. The number of rotatable bonds is 6. The second-order valence-corrected chi connectivity index (χ2v) is 8.36. The highest BCUT2D eigenvalue weighted by atomic mass is 79.9. The first-order chi connectivity index (χ1) is 16.3. The molecule has 0 radical (unpaired) electrons. The Balaban J connectivity index is 1.78. The lowest BCUT2D eigenvalue weighted by atomic mass is 9.98. The summed E-state index contributed by atoms with van der Waals surface area (Å²) in [7, 11) is 1.56. The standard InChI is InChI=1S/C23H17BrN4O6/c1-34-20-8-4-14(5-9-20)21-13-22(15-2-6-17(24)7-3-15)26(25-21)23(29)16-10-18(27(30)31)12-19(11-16)28(32)33/h2-12,22H,13H2,1H3/t22-/m0/s1. The van der Waals surface area contributed by atoms with Crippen molar-refractivity contribution in [3.8, 4) is 5.75 Å². The van der Waals surface area contributed by atoms with E-state index in [9.17, 15) is 25.0 Å². The minimum absolute atomic E-state index is 0.192. The van der Waals surface area contributed by atoms with Gasteiger partial charge in [-0.1, -0.05) is 28.1 Å². The summed E-state index contributed by atoms with van der Waals surface area (Å²) in [6, 6.07) is 16.9. The van der Waals surface area contributed by atoms with Crippen molar-refractivity contribution in [3.05, 3.63) is 108 Å². The molecule has 0 bridgehead atoms. The van der Waals surface area contributed by atoms with Gasteiger partial charge in [-0.3, -0.25) is 25.0 Å². The molecule has 1 amide bonds. The third kappa shape index (κ3) is 4.64. The summed E-state index contributed by atoms with van der Waals surface area (Å²) >= 11 is 3.39. The molecule has 1 heterocycles. The van der Waals surface area contributed by atoms with E-state index in [0.717, 1.165) is 33.8 Å². The van der Waals surface area contributed by atoms with Crippen LogP contribution in [-0.2, 0) is 0 Å². The molecule has 0 aromatic heterocycles. The number of methoxy groups -OCH3 is 1. The third-order valence-electron chi connectivity index (χ3n) is 5.37. The van der Waals surface area contributed by atoms with E-state index in [1.165, 1.54) is 5.01 Å². The van der Waals surface area contributed by atoms with Gasteiger partial charge in [-0.15, -0.1) is 0 Å². The molecule has 1 atom stereocenters. The van der Waals surface area contributed by atoms with Crippen molar-refractivity contribution < 1.29 is 19.4 Å². The average Bonchev–Trinajstić information content (AvgIpc) is 3.29. The van der Waals surface area contributed by atoms with Crippen LogP contribution in [0.1, 0.15) is 33.9 Å². The second kappa shape index (κ2) is 9.40. The molecule has 0 unspecified atom stereocenters. The normalized spacial score (nSPS) is 15.1. The monoisotopic (exact) mass is 524 g/mol. The number of hydrogen-bond acceptors (Lipinski definition) is 7. The Labute approximate surface area is 201 Å². The number of carbonyl (C=O) groups is 1. The fourth-order valence-corrected chi connectivity index (χ4v) is 3.93. The van der Waals surface area contributed by atoms with Gasteiger partial charge >= 0.3 is 0 Å². The summed E-state index contributed by atoms with van der Waals surface area (Å²) in [6.45, 7) is 0. The number of benzene rings is 3. The minimum atomic E-state index is -0.772. The van der Waals surface area contributed by atoms with Gasteiger partial charge in [0.2, 0.25) is 0 Å². The van der Waals surface area contributed by atoms with Crippen molar-refractivity contribution in [1.82, 2.24) is 5.01 Å². The van der Waals surface area contributed by atoms with Crippen LogP contribution >= 0.6 is 15.9 Å². The second-order valence-electron chi connectivity index (χ2n) is 7.45. The zero-order valence-corrected chi connectivity index (χ0v) is 19.3. The molecule has 1 aliphatic heterocycles. The Morgan fingerprint density at radius 3 is 2.12 bits per heavy atom. The Bertz CT molecular complexity index is 1280. The van der Waals surface area contributed by atoms with E-state index in [1.54, 1.807) is 19.2 Å². The number of nitro groups is 2. The van der Waals surface area contributed by atoms with Gasteiger partial charge in [-0.25, -0.2) is 5.01 Å². The maximum atomic E-state index is 13.5. The van der Waals surface area contributed by atoms with Crippen LogP contribution in [0.25, 0.3) is 0 Å². The molecular weight excluding hydrogens is 508 g/mol. The van der Waals surface area contributed by atoms with Gasteiger partial charge in [0.05, 0.1) is 40.3 Å². The van der Waals surface area contributed by atoms with E-state index in [4.69, 9.17) is 4.74 Å². The predicted octanol–water partition coefficient (Wildman–Crippen LogP) is 5.27. The molecule has 4 rings (SSSR count). The zero-order valence-electron chi connectivity index (χ0n) is 17.8. The Hall–Kier alpha value is -4.12. The van der Waals surface area contributed by atoms with Crippen molar-refractivity contribution in [2.75, 3.05) is 7.11 Å². The molecule has 34 heavy (non-hydrogen) atoms. The molecule has 1 aliphatic rings. The Kier molecular flexibility index (Phi) is 6.37. The van der Waals surface area contributed by atoms with Crippen LogP contribution in [0.4, 0.5) is 11.4 Å². The van der Waals surface area contributed by atoms with Gasteiger partial charge in [0.15, 0.2) is 0 Å². The number of hydrogen-bond donors (Lipinski definition) is 0. The zero-order chi connectivity index (χ0) is 24.4. The van der Waals surface area contributed by atoms with Gasteiger partial charge in [-0.05, 0) is 47.5 Å². The third-order valence-corrected chi connectivity index (χ3v) is 5.90. The lowest BCUT2D eigenvalue weighted by molar-refractivity contribution is -0.394. The maximum Gasteiger partial charge on any atom is 0.277 e. The smallest absolute Gasteiger partial charge is 0.277 e. The number of ether oxygens (including phenoxy) is 1. The molecular formula is C23H17BrN4O6. The molecule has 172 valence electrons. The quantitative estimate of drug-likeness (QED) is 0.319. The first kappa shape index (κ1) is 23.1. The van der Waals surface area contributed by atoms with Gasteiger partial charge in [-0.2, -0.15) is 5.10 Å². The number of non-ortho nitro benzene ring substituents is 2. The molecule has 0 aliphatic carbocycles. The fraction of sp³-hybridized carbons (Fsp3) is 0.130. The molecule has 3 aromatic carbocycles.